The van der Waals surface area contributed by atoms with Crippen LogP contribution in [-0.4, -0.2) is 10.1 Å². The zero-order valence-electron chi connectivity index (χ0n) is 12.2. The smallest absolute Gasteiger partial charge is 0.264 e. The van der Waals surface area contributed by atoms with Crippen molar-refractivity contribution in [2.45, 2.75) is 45.8 Å². The highest BCUT2D eigenvalue weighted by Gasteiger charge is 2.13. The molecular weight excluding hydrogens is 254 g/mol. The second-order valence-corrected chi connectivity index (χ2v) is 5.04. The number of aromatic nitrogens is 2. The molecule has 0 fully saturated rings. The first-order valence-corrected chi connectivity index (χ1v) is 6.91. The normalized spacial score (nSPS) is 12.7. The van der Waals surface area contributed by atoms with Gasteiger partial charge in [-0.1, -0.05) is 44.1 Å². The first kappa shape index (κ1) is 14.5. The number of hydrogen-bond acceptors (Lipinski definition) is 5. The van der Waals surface area contributed by atoms with Crippen LogP contribution in [0, 0.1) is 0 Å². The van der Waals surface area contributed by atoms with Crippen LogP contribution in [0.5, 0.6) is 5.75 Å². The van der Waals surface area contributed by atoms with Gasteiger partial charge in [0.05, 0.1) is 0 Å². The number of nitrogens with zero attached hydrogens (tertiary/aromatic N) is 2. The molecule has 0 saturated heterocycles. The lowest BCUT2D eigenvalue weighted by Crippen LogP contribution is -2.10. The summed E-state index contributed by atoms with van der Waals surface area (Å²) in [6, 6.07) is 7.75. The van der Waals surface area contributed by atoms with Gasteiger partial charge in [-0.25, -0.2) is 0 Å². The van der Waals surface area contributed by atoms with Crippen molar-refractivity contribution in [1.82, 2.24) is 10.1 Å². The van der Waals surface area contributed by atoms with Crippen LogP contribution in [0.15, 0.2) is 28.8 Å². The first-order valence-electron chi connectivity index (χ1n) is 6.91. The summed E-state index contributed by atoms with van der Waals surface area (Å²) < 4.78 is 10.9. The summed E-state index contributed by atoms with van der Waals surface area (Å²) >= 11 is 0. The van der Waals surface area contributed by atoms with Crippen LogP contribution in [0.2, 0.25) is 0 Å². The lowest BCUT2D eigenvalue weighted by Gasteiger charge is -2.14. The first-order chi connectivity index (χ1) is 9.61. The molecule has 108 valence electrons. The van der Waals surface area contributed by atoms with Gasteiger partial charge in [-0.3, -0.25) is 0 Å². The molecule has 2 N–H and O–H groups in total. The van der Waals surface area contributed by atoms with Crippen molar-refractivity contribution in [2.24, 2.45) is 5.73 Å². The quantitative estimate of drug-likeness (QED) is 0.876. The van der Waals surface area contributed by atoms with Gasteiger partial charge in [-0.05, 0) is 12.5 Å². The molecule has 0 saturated carbocycles. The molecule has 0 amide bonds. The van der Waals surface area contributed by atoms with Crippen LogP contribution < -0.4 is 10.5 Å². The second-order valence-electron chi connectivity index (χ2n) is 5.04. The van der Waals surface area contributed by atoms with E-state index in [4.69, 9.17) is 15.0 Å². The number of rotatable bonds is 6. The highest BCUT2D eigenvalue weighted by molar-refractivity contribution is 5.35. The Morgan fingerprint density at radius 2 is 2.05 bits per heavy atom. The minimum Gasteiger partial charge on any atom is -0.483 e. The van der Waals surface area contributed by atoms with Crippen molar-refractivity contribution in [3.63, 3.8) is 0 Å². The van der Waals surface area contributed by atoms with Gasteiger partial charge >= 0.3 is 0 Å². The van der Waals surface area contributed by atoms with Crippen molar-refractivity contribution in [2.75, 3.05) is 0 Å². The van der Waals surface area contributed by atoms with Crippen LogP contribution in [-0.2, 0) is 6.61 Å². The molecule has 1 aromatic carbocycles. The van der Waals surface area contributed by atoms with Crippen molar-refractivity contribution >= 4 is 0 Å². The van der Waals surface area contributed by atoms with Crippen molar-refractivity contribution in [1.29, 1.82) is 0 Å². The highest BCUT2D eigenvalue weighted by Crippen LogP contribution is 2.26. The van der Waals surface area contributed by atoms with Crippen LogP contribution in [0.3, 0.4) is 0 Å². The Hall–Kier alpha value is -1.88. The van der Waals surface area contributed by atoms with Gasteiger partial charge in [0.15, 0.2) is 12.4 Å². The Kier molecular flexibility index (Phi) is 4.74. The molecule has 5 heteroatoms. The molecule has 0 spiro atoms. The molecular formula is C15H21N3O2. The van der Waals surface area contributed by atoms with Gasteiger partial charge in [0.1, 0.15) is 5.75 Å². The lowest BCUT2D eigenvalue weighted by molar-refractivity contribution is 0.239. The van der Waals surface area contributed by atoms with Gasteiger partial charge in [-0.15, -0.1) is 0 Å². The molecule has 0 aliphatic heterocycles. The molecule has 2 aromatic rings. The molecule has 0 radical (unpaired) electrons. The molecule has 1 heterocycles. The minimum absolute atomic E-state index is 0.0277. The summed E-state index contributed by atoms with van der Waals surface area (Å²) in [5, 5.41) is 3.91. The molecule has 0 aliphatic carbocycles. The zero-order chi connectivity index (χ0) is 14.5. The fourth-order valence-corrected chi connectivity index (χ4v) is 1.84. The van der Waals surface area contributed by atoms with E-state index in [0.717, 1.165) is 17.7 Å². The third-order valence-corrected chi connectivity index (χ3v) is 3.11. The number of ether oxygens (including phenoxy) is 1. The number of benzene rings is 1. The SMILES string of the molecule is CC[C@H](N)c1ccccc1OCc1nc(C(C)C)no1. The van der Waals surface area contributed by atoms with E-state index in [0.29, 0.717) is 11.7 Å². The van der Waals surface area contributed by atoms with Crippen molar-refractivity contribution in [3.05, 3.63) is 41.5 Å². The Balaban J connectivity index is 2.06. The topological polar surface area (TPSA) is 74.2 Å². The monoisotopic (exact) mass is 275 g/mol. The Bertz CT molecular complexity index is 552. The Labute approximate surface area is 119 Å². The van der Waals surface area contributed by atoms with E-state index in [2.05, 4.69) is 10.1 Å². The molecule has 5 nitrogen and oxygen atoms in total. The molecule has 0 unspecified atom stereocenters. The van der Waals surface area contributed by atoms with E-state index in [1.54, 1.807) is 0 Å². The largest absolute Gasteiger partial charge is 0.483 e. The van der Waals surface area contributed by atoms with E-state index < -0.39 is 0 Å². The standard InChI is InChI=1S/C15H21N3O2/c1-4-12(16)11-7-5-6-8-13(11)19-9-14-17-15(10(2)3)18-20-14/h5-8,10,12H,4,9,16H2,1-3H3/t12-/m0/s1. The average molecular weight is 275 g/mol. The van der Waals surface area contributed by atoms with E-state index in [1.165, 1.54) is 0 Å². The van der Waals surface area contributed by atoms with Gasteiger partial charge in [0.25, 0.3) is 5.89 Å². The molecule has 2 rings (SSSR count). The minimum atomic E-state index is -0.0277. The maximum absolute atomic E-state index is 6.08. The van der Waals surface area contributed by atoms with Gasteiger partial charge in [0.2, 0.25) is 0 Å². The fraction of sp³-hybridized carbons (Fsp3) is 0.467. The van der Waals surface area contributed by atoms with E-state index in [9.17, 15) is 0 Å². The molecule has 0 aliphatic rings. The summed E-state index contributed by atoms with van der Waals surface area (Å²) in [5.41, 5.74) is 7.08. The Morgan fingerprint density at radius 3 is 2.70 bits per heavy atom. The number of para-hydroxylation sites is 1. The summed E-state index contributed by atoms with van der Waals surface area (Å²) in [5.74, 6) is 2.19. The van der Waals surface area contributed by atoms with Crippen LogP contribution in [0.4, 0.5) is 0 Å². The van der Waals surface area contributed by atoms with Crippen molar-refractivity contribution < 1.29 is 9.26 Å². The van der Waals surface area contributed by atoms with Crippen LogP contribution >= 0.6 is 0 Å². The second kappa shape index (κ2) is 6.52. The summed E-state index contributed by atoms with van der Waals surface area (Å²) in [7, 11) is 0. The predicted octanol–water partition coefficient (Wildman–Crippen LogP) is 3.18. The highest BCUT2D eigenvalue weighted by atomic mass is 16.5. The molecule has 1 aromatic heterocycles. The fourth-order valence-electron chi connectivity index (χ4n) is 1.84. The Morgan fingerprint density at radius 1 is 1.30 bits per heavy atom. The number of hydrogen-bond donors (Lipinski definition) is 1. The molecule has 1 atom stereocenters. The van der Waals surface area contributed by atoms with Gasteiger partial charge in [-0.2, -0.15) is 4.98 Å². The van der Waals surface area contributed by atoms with Crippen LogP contribution in [0.1, 0.15) is 56.4 Å². The van der Waals surface area contributed by atoms with Gasteiger partial charge < -0.3 is 15.0 Å². The molecule has 0 bridgehead atoms. The van der Waals surface area contributed by atoms with E-state index in [1.807, 2.05) is 45.0 Å². The van der Waals surface area contributed by atoms with Gasteiger partial charge in [0, 0.05) is 17.5 Å². The predicted molar refractivity (Wildman–Crippen MR) is 76.4 cm³/mol. The average Bonchev–Trinajstić information content (AvgIpc) is 2.93. The zero-order valence-corrected chi connectivity index (χ0v) is 12.2. The third-order valence-electron chi connectivity index (χ3n) is 3.11. The lowest BCUT2D eigenvalue weighted by atomic mass is 10.0. The maximum Gasteiger partial charge on any atom is 0.264 e. The molecule has 20 heavy (non-hydrogen) atoms. The van der Waals surface area contributed by atoms with E-state index >= 15 is 0 Å². The number of nitrogens with two attached hydrogens (primary N) is 1. The van der Waals surface area contributed by atoms with E-state index in [-0.39, 0.29) is 18.6 Å². The summed E-state index contributed by atoms with van der Waals surface area (Å²) in [6.45, 7) is 6.34. The van der Waals surface area contributed by atoms with Crippen LogP contribution in [0.25, 0.3) is 0 Å². The van der Waals surface area contributed by atoms with Crippen molar-refractivity contribution in [3.8, 4) is 5.75 Å². The maximum atomic E-state index is 6.08. The summed E-state index contributed by atoms with van der Waals surface area (Å²) in [6.07, 6.45) is 0.860. The third kappa shape index (κ3) is 3.36. The summed E-state index contributed by atoms with van der Waals surface area (Å²) in [4.78, 5) is 4.29.